The first-order chi connectivity index (χ1) is 4.09. The Bertz CT molecular complexity index is 122. The Kier molecular flexibility index (Phi) is 2.70. The Labute approximate surface area is 54.0 Å². The number of hydrogen-bond acceptors (Lipinski definition) is 2. The molecule has 0 aliphatic rings. The lowest BCUT2D eigenvalue weighted by Gasteiger charge is -2.13. The van der Waals surface area contributed by atoms with Crippen molar-refractivity contribution in [2.45, 2.75) is 0 Å². The van der Waals surface area contributed by atoms with E-state index in [1.165, 1.54) is 18.4 Å². The minimum atomic E-state index is -0.370. The van der Waals surface area contributed by atoms with Crippen LogP contribution in [0.15, 0.2) is 0 Å². The molecule has 0 aromatic rings. The molecule has 0 saturated carbocycles. The monoisotopic (exact) mass is 129 g/mol. The molecule has 0 aliphatic heterocycles. The molecular weight excluding hydrogens is 120 g/mol. The number of amides is 3. The quantitative estimate of drug-likeness (QED) is 0.455. The van der Waals surface area contributed by atoms with E-state index in [2.05, 4.69) is 0 Å². The maximum absolute atomic E-state index is 10.7. The summed E-state index contributed by atoms with van der Waals surface area (Å²) in [5.74, 6) is 0. The molecule has 0 bridgehead atoms. The van der Waals surface area contributed by atoms with Crippen LogP contribution >= 0.6 is 0 Å². The summed E-state index contributed by atoms with van der Waals surface area (Å²) in [5.41, 5.74) is 0. The number of carbonyl (C=O) groups is 1. The van der Waals surface area contributed by atoms with Crippen molar-refractivity contribution in [3.05, 3.63) is 0 Å². The number of imide groups is 1. The number of nitrogens with zero attached hydrogens (tertiary/aromatic N) is 2. The second kappa shape index (κ2) is 3.06. The highest BCUT2D eigenvalue weighted by atomic mass is 16.2. The van der Waals surface area contributed by atoms with Gasteiger partial charge in [0.05, 0.1) is 0 Å². The van der Waals surface area contributed by atoms with Crippen LogP contribution in [0.5, 0.6) is 0 Å². The maximum atomic E-state index is 10.7. The third-order valence-corrected chi connectivity index (χ3v) is 0.806. The summed E-state index contributed by atoms with van der Waals surface area (Å²) in [5, 5.41) is 0. The molecule has 0 spiro atoms. The van der Waals surface area contributed by atoms with Gasteiger partial charge in [-0.05, 0) is 0 Å². The number of urea groups is 1. The predicted molar refractivity (Wildman–Crippen MR) is 32.5 cm³/mol. The first kappa shape index (κ1) is 7.94. The van der Waals surface area contributed by atoms with Crippen LogP contribution in [0.4, 0.5) is 4.79 Å². The van der Waals surface area contributed by atoms with Crippen molar-refractivity contribution >= 4 is 12.4 Å². The molecule has 0 unspecified atom stereocenters. The molecule has 0 fully saturated rings. The van der Waals surface area contributed by atoms with Crippen molar-refractivity contribution in [3.63, 3.8) is 0 Å². The SMILES string of the molecule is CN(C)C(=O)N(C)[C]=O. The van der Waals surface area contributed by atoms with Crippen LogP contribution in [0, 0.1) is 0 Å². The molecule has 3 amide bonds. The fraction of sp³-hybridized carbons (Fsp3) is 0.600. The largest absolute Gasteiger partial charge is 0.330 e. The summed E-state index contributed by atoms with van der Waals surface area (Å²) < 4.78 is 0. The summed E-state index contributed by atoms with van der Waals surface area (Å²) in [6.45, 7) is 0. The second-order valence-corrected chi connectivity index (χ2v) is 1.83. The Morgan fingerprint density at radius 1 is 1.33 bits per heavy atom. The maximum Gasteiger partial charge on any atom is 0.326 e. The molecule has 0 N–H and O–H groups in total. The van der Waals surface area contributed by atoms with Crippen molar-refractivity contribution in [2.75, 3.05) is 21.1 Å². The Balaban J connectivity index is 3.87. The number of rotatable bonds is 1. The number of carbonyl (C=O) groups excluding carboxylic acids is 2. The van der Waals surface area contributed by atoms with Gasteiger partial charge in [-0.25, -0.2) is 4.79 Å². The van der Waals surface area contributed by atoms with E-state index in [0.717, 1.165) is 4.90 Å². The van der Waals surface area contributed by atoms with E-state index < -0.39 is 0 Å². The summed E-state index contributed by atoms with van der Waals surface area (Å²) in [4.78, 5) is 22.6. The highest BCUT2D eigenvalue weighted by Gasteiger charge is 2.08. The molecule has 0 aromatic carbocycles. The van der Waals surface area contributed by atoms with Gasteiger partial charge in [0, 0.05) is 21.1 Å². The van der Waals surface area contributed by atoms with E-state index in [1.54, 1.807) is 14.1 Å². The van der Waals surface area contributed by atoms with Crippen molar-refractivity contribution in [1.29, 1.82) is 0 Å². The zero-order valence-corrected chi connectivity index (χ0v) is 5.71. The van der Waals surface area contributed by atoms with Gasteiger partial charge in [0.2, 0.25) is 0 Å². The second-order valence-electron chi connectivity index (χ2n) is 1.83. The lowest BCUT2D eigenvalue weighted by molar-refractivity contribution is 0.199. The van der Waals surface area contributed by atoms with Crippen LogP contribution in [0.1, 0.15) is 0 Å². The summed E-state index contributed by atoms with van der Waals surface area (Å²) >= 11 is 0. The normalized spacial score (nSPS) is 8.33. The molecule has 0 rings (SSSR count). The average molecular weight is 129 g/mol. The van der Waals surface area contributed by atoms with Crippen LogP contribution in [-0.4, -0.2) is 43.4 Å². The third-order valence-electron chi connectivity index (χ3n) is 0.806. The molecule has 0 heterocycles. The van der Waals surface area contributed by atoms with E-state index in [9.17, 15) is 9.59 Å². The van der Waals surface area contributed by atoms with E-state index in [-0.39, 0.29) is 6.03 Å². The topological polar surface area (TPSA) is 40.6 Å². The van der Waals surface area contributed by atoms with Gasteiger partial charge in [-0.2, -0.15) is 0 Å². The molecule has 0 atom stereocenters. The molecule has 4 nitrogen and oxygen atoms in total. The highest BCUT2D eigenvalue weighted by molar-refractivity contribution is 5.84. The molecule has 4 heteroatoms. The van der Waals surface area contributed by atoms with E-state index >= 15 is 0 Å². The fourth-order valence-corrected chi connectivity index (χ4v) is 0.339. The van der Waals surface area contributed by atoms with Crippen molar-refractivity contribution < 1.29 is 9.59 Å². The zero-order valence-electron chi connectivity index (χ0n) is 5.71. The standard InChI is InChI=1S/C5H9N2O2/c1-6(2)5(9)7(3)4-8/h1-3H3. The lowest BCUT2D eigenvalue weighted by Crippen LogP contribution is -2.35. The minimum absolute atomic E-state index is 0.370. The van der Waals surface area contributed by atoms with Crippen LogP contribution in [-0.2, 0) is 4.79 Å². The van der Waals surface area contributed by atoms with Gasteiger partial charge in [-0.1, -0.05) is 0 Å². The molecule has 0 saturated heterocycles. The van der Waals surface area contributed by atoms with Gasteiger partial charge in [0.25, 0.3) is 0 Å². The molecular formula is C5H9N2O2. The molecule has 0 aromatic heterocycles. The first-order valence-electron chi connectivity index (χ1n) is 2.42. The predicted octanol–water partition coefficient (Wildman–Crippen LogP) is -0.333. The smallest absolute Gasteiger partial charge is 0.326 e. The van der Waals surface area contributed by atoms with Crippen LogP contribution < -0.4 is 0 Å². The zero-order chi connectivity index (χ0) is 7.44. The van der Waals surface area contributed by atoms with E-state index in [4.69, 9.17) is 0 Å². The lowest BCUT2D eigenvalue weighted by atomic mass is 10.7. The van der Waals surface area contributed by atoms with Gasteiger partial charge in [0.15, 0.2) is 0 Å². The first-order valence-corrected chi connectivity index (χ1v) is 2.42. The summed E-state index contributed by atoms with van der Waals surface area (Å²) in [7, 11) is 4.49. The van der Waals surface area contributed by atoms with E-state index in [0.29, 0.717) is 0 Å². The van der Waals surface area contributed by atoms with Gasteiger partial charge >= 0.3 is 12.4 Å². The molecule has 9 heavy (non-hydrogen) atoms. The Morgan fingerprint density at radius 2 is 1.78 bits per heavy atom. The molecule has 1 radical (unpaired) electrons. The number of hydrogen-bond donors (Lipinski definition) is 0. The van der Waals surface area contributed by atoms with Crippen LogP contribution in [0.2, 0.25) is 0 Å². The Hall–Kier alpha value is -1.06. The van der Waals surface area contributed by atoms with Gasteiger partial charge in [-0.15, -0.1) is 0 Å². The highest BCUT2D eigenvalue weighted by Crippen LogP contribution is 1.84. The molecule has 0 aliphatic carbocycles. The molecule has 51 valence electrons. The van der Waals surface area contributed by atoms with Crippen LogP contribution in [0.3, 0.4) is 0 Å². The summed E-state index contributed by atoms with van der Waals surface area (Å²) in [6, 6.07) is -0.370. The summed E-state index contributed by atoms with van der Waals surface area (Å²) in [6.07, 6.45) is 1.44. The van der Waals surface area contributed by atoms with Crippen molar-refractivity contribution in [3.8, 4) is 0 Å². The van der Waals surface area contributed by atoms with Gasteiger partial charge < -0.3 is 4.90 Å². The van der Waals surface area contributed by atoms with Gasteiger partial charge in [-0.3, -0.25) is 9.69 Å². The van der Waals surface area contributed by atoms with Gasteiger partial charge in [0.1, 0.15) is 0 Å². The Morgan fingerprint density at radius 3 is 1.89 bits per heavy atom. The average Bonchev–Trinajstić information content (AvgIpc) is 1.84. The fourth-order valence-electron chi connectivity index (χ4n) is 0.339. The van der Waals surface area contributed by atoms with Crippen molar-refractivity contribution in [1.82, 2.24) is 9.80 Å². The minimum Gasteiger partial charge on any atom is -0.330 e. The van der Waals surface area contributed by atoms with Crippen LogP contribution in [0.25, 0.3) is 0 Å². The van der Waals surface area contributed by atoms with E-state index in [1.807, 2.05) is 0 Å². The van der Waals surface area contributed by atoms with Crippen molar-refractivity contribution in [2.24, 2.45) is 0 Å². The third kappa shape index (κ3) is 2.12.